The van der Waals surface area contributed by atoms with Crippen LogP contribution in [-0.2, 0) is 4.74 Å². The summed E-state index contributed by atoms with van der Waals surface area (Å²) in [6.07, 6.45) is 0. The molecule has 3 aromatic rings. The third-order valence-corrected chi connectivity index (χ3v) is 5.76. The summed E-state index contributed by atoms with van der Waals surface area (Å²) in [4.78, 5) is 31.1. The third-order valence-electron chi connectivity index (χ3n) is 4.82. The van der Waals surface area contributed by atoms with Gasteiger partial charge in [-0.15, -0.1) is 0 Å². The van der Waals surface area contributed by atoms with Gasteiger partial charge in [-0.05, 0) is 36.4 Å². The average molecular weight is 407 g/mol. The van der Waals surface area contributed by atoms with Gasteiger partial charge in [0, 0.05) is 35.7 Å². The molecule has 2 heterocycles. The van der Waals surface area contributed by atoms with Gasteiger partial charge >= 0.3 is 5.97 Å². The van der Waals surface area contributed by atoms with Crippen molar-refractivity contribution in [2.45, 2.75) is 0 Å². The van der Waals surface area contributed by atoms with Crippen molar-refractivity contribution in [1.29, 1.82) is 0 Å². The van der Waals surface area contributed by atoms with E-state index in [1.165, 1.54) is 7.11 Å². The number of pyridine rings is 1. The highest BCUT2D eigenvalue weighted by Gasteiger charge is 2.21. The van der Waals surface area contributed by atoms with E-state index in [0.717, 1.165) is 46.9 Å². The summed E-state index contributed by atoms with van der Waals surface area (Å²) in [5.74, 6) is 1.49. The van der Waals surface area contributed by atoms with Gasteiger partial charge in [-0.1, -0.05) is 18.2 Å². The number of nitrogens with zero attached hydrogens (tertiary/aromatic N) is 2. The van der Waals surface area contributed by atoms with Gasteiger partial charge in [-0.25, -0.2) is 9.78 Å². The van der Waals surface area contributed by atoms with Crippen molar-refractivity contribution >= 4 is 45.9 Å². The molecule has 4 rings (SSSR count). The highest BCUT2D eigenvalue weighted by atomic mass is 32.2. The van der Waals surface area contributed by atoms with E-state index < -0.39 is 0 Å². The van der Waals surface area contributed by atoms with Crippen molar-refractivity contribution in [2.24, 2.45) is 0 Å². The second kappa shape index (κ2) is 8.53. The molecule has 1 aromatic heterocycles. The number of fused-ring (bicyclic) bond motifs is 1. The lowest BCUT2D eigenvalue weighted by Gasteiger charge is -2.26. The maximum Gasteiger partial charge on any atom is 0.337 e. The van der Waals surface area contributed by atoms with Crippen LogP contribution in [0.25, 0.3) is 10.9 Å². The normalized spacial score (nSPS) is 13.9. The van der Waals surface area contributed by atoms with E-state index in [1.54, 1.807) is 18.2 Å². The molecule has 0 atom stereocenters. The minimum atomic E-state index is -0.376. The molecular weight excluding hydrogens is 386 g/mol. The topological polar surface area (TPSA) is 71.5 Å². The van der Waals surface area contributed by atoms with E-state index in [1.807, 2.05) is 53.1 Å². The first kappa shape index (κ1) is 19.3. The lowest BCUT2D eigenvalue weighted by molar-refractivity contribution is 0.0600. The van der Waals surface area contributed by atoms with Crippen LogP contribution in [0.2, 0.25) is 0 Å². The van der Waals surface area contributed by atoms with Crippen LogP contribution in [0.1, 0.15) is 20.8 Å². The molecule has 0 spiro atoms. The fourth-order valence-corrected chi connectivity index (χ4v) is 4.18. The van der Waals surface area contributed by atoms with E-state index in [0.29, 0.717) is 11.3 Å². The molecule has 1 amide bonds. The first-order valence-corrected chi connectivity index (χ1v) is 10.5. The molecule has 1 aliphatic rings. The summed E-state index contributed by atoms with van der Waals surface area (Å²) >= 11 is 1.86. The number of nitrogens with one attached hydrogen (secondary N) is 1. The Balaban J connectivity index is 1.67. The summed E-state index contributed by atoms with van der Waals surface area (Å²) in [6, 6.07) is 16.6. The highest BCUT2D eigenvalue weighted by Crippen LogP contribution is 2.27. The van der Waals surface area contributed by atoms with E-state index in [9.17, 15) is 9.59 Å². The zero-order chi connectivity index (χ0) is 20.2. The van der Waals surface area contributed by atoms with Crippen LogP contribution in [0.5, 0.6) is 0 Å². The van der Waals surface area contributed by atoms with Gasteiger partial charge in [0.25, 0.3) is 5.91 Å². The van der Waals surface area contributed by atoms with E-state index in [2.05, 4.69) is 10.3 Å². The van der Waals surface area contributed by atoms with Gasteiger partial charge in [0.1, 0.15) is 5.69 Å². The van der Waals surface area contributed by atoms with E-state index in [4.69, 9.17) is 4.74 Å². The first-order valence-electron chi connectivity index (χ1n) is 9.38. The number of anilines is 2. The molecule has 1 aliphatic heterocycles. The van der Waals surface area contributed by atoms with Crippen LogP contribution in [0.4, 0.5) is 11.4 Å². The molecule has 7 heteroatoms. The Hall–Kier alpha value is -3.06. The fourth-order valence-electron chi connectivity index (χ4n) is 3.28. The second-order valence-electron chi connectivity index (χ2n) is 6.67. The van der Waals surface area contributed by atoms with Crippen LogP contribution in [0, 0.1) is 0 Å². The van der Waals surface area contributed by atoms with Gasteiger partial charge in [0.15, 0.2) is 0 Å². The van der Waals surface area contributed by atoms with Crippen molar-refractivity contribution in [1.82, 2.24) is 9.88 Å². The quantitative estimate of drug-likeness (QED) is 0.660. The lowest BCUT2D eigenvalue weighted by Crippen LogP contribution is -2.38. The third kappa shape index (κ3) is 4.19. The summed E-state index contributed by atoms with van der Waals surface area (Å²) < 4.78 is 4.74. The van der Waals surface area contributed by atoms with Crippen LogP contribution in [-0.4, -0.2) is 53.5 Å². The number of methoxy groups -OCH3 is 1. The SMILES string of the molecule is COC(=O)c1ccc(Nc2cc(C(=O)N3CCSCC3)nc3ccccc23)cc1. The summed E-state index contributed by atoms with van der Waals surface area (Å²) in [5.41, 5.74) is 3.29. The summed E-state index contributed by atoms with van der Waals surface area (Å²) in [6.45, 7) is 1.49. The zero-order valence-corrected chi connectivity index (χ0v) is 16.9. The van der Waals surface area contributed by atoms with Gasteiger partial charge in [-0.3, -0.25) is 4.79 Å². The zero-order valence-electron chi connectivity index (χ0n) is 16.1. The molecule has 148 valence electrons. The molecule has 0 radical (unpaired) electrons. The number of benzene rings is 2. The number of hydrogen-bond donors (Lipinski definition) is 1. The van der Waals surface area contributed by atoms with Crippen molar-refractivity contribution in [2.75, 3.05) is 37.0 Å². The molecule has 0 aliphatic carbocycles. The molecule has 1 fully saturated rings. The fraction of sp³-hybridized carbons (Fsp3) is 0.227. The van der Waals surface area contributed by atoms with Gasteiger partial charge in [0.2, 0.25) is 0 Å². The number of esters is 1. The minimum absolute atomic E-state index is 0.0415. The Morgan fingerprint density at radius 3 is 2.52 bits per heavy atom. The average Bonchev–Trinajstić information content (AvgIpc) is 2.79. The first-order chi connectivity index (χ1) is 14.2. The van der Waals surface area contributed by atoms with Crippen molar-refractivity contribution in [3.8, 4) is 0 Å². The Morgan fingerprint density at radius 1 is 1.07 bits per heavy atom. The molecule has 0 bridgehead atoms. The largest absolute Gasteiger partial charge is 0.465 e. The van der Waals surface area contributed by atoms with Crippen molar-refractivity contribution in [3.05, 3.63) is 65.9 Å². The van der Waals surface area contributed by atoms with Crippen molar-refractivity contribution < 1.29 is 14.3 Å². The van der Waals surface area contributed by atoms with Crippen LogP contribution >= 0.6 is 11.8 Å². The number of thioether (sulfide) groups is 1. The highest BCUT2D eigenvalue weighted by molar-refractivity contribution is 7.99. The number of ether oxygens (including phenoxy) is 1. The molecule has 0 unspecified atom stereocenters. The number of rotatable bonds is 4. The Bertz CT molecular complexity index is 1050. The maximum atomic E-state index is 13.0. The predicted molar refractivity (Wildman–Crippen MR) is 116 cm³/mol. The van der Waals surface area contributed by atoms with Gasteiger partial charge in [-0.2, -0.15) is 11.8 Å². The number of aromatic nitrogens is 1. The summed E-state index contributed by atoms with van der Waals surface area (Å²) in [7, 11) is 1.36. The minimum Gasteiger partial charge on any atom is -0.465 e. The monoisotopic (exact) mass is 407 g/mol. The van der Waals surface area contributed by atoms with Gasteiger partial charge < -0.3 is 15.0 Å². The lowest BCUT2D eigenvalue weighted by atomic mass is 10.1. The van der Waals surface area contributed by atoms with Crippen LogP contribution in [0.15, 0.2) is 54.6 Å². The van der Waals surface area contributed by atoms with E-state index in [-0.39, 0.29) is 11.9 Å². The molecule has 1 saturated heterocycles. The number of para-hydroxylation sites is 1. The molecular formula is C22H21N3O3S. The van der Waals surface area contributed by atoms with Crippen LogP contribution < -0.4 is 5.32 Å². The van der Waals surface area contributed by atoms with Gasteiger partial charge in [0.05, 0.1) is 23.9 Å². The number of carbonyl (C=O) groups excluding carboxylic acids is 2. The molecule has 29 heavy (non-hydrogen) atoms. The van der Waals surface area contributed by atoms with Crippen LogP contribution in [0.3, 0.4) is 0 Å². The predicted octanol–water partition coefficient (Wildman–Crippen LogP) is 3.95. The molecule has 0 saturated carbocycles. The Labute approximate surface area is 173 Å². The molecule has 6 nitrogen and oxygen atoms in total. The van der Waals surface area contributed by atoms with Crippen molar-refractivity contribution in [3.63, 3.8) is 0 Å². The van der Waals surface area contributed by atoms with E-state index >= 15 is 0 Å². The second-order valence-corrected chi connectivity index (χ2v) is 7.90. The number of amides is 1. The molecule has 2 aromatic carbocycles. The Morgan fingerprint density at radius 2 is 1.79 bits per heavy atom. The maximum absolute atomic E-state index is 13.0. The summed E-state index contributed by atoms with van der Waals surface area (Å²) in [5, 5.41) is 4.29. The number of hydrogen-bond acceptors (Lipinski definition) is 6. The Kier molecular flexibility index (Phi) is 5.67. The number of carbonyl (C=O) groups is 2. The standard InChI is InChI=1S/C22H21N3O3S/c1-28-22(27)15-6-8-16(9-7-15)23-19-14-20(21(26)25-10-12-29-13-11-25)24-18-5-3-2-4-17(18)19/h2-9,14H,10-13H2,1H3,(H,23,24). The smallest absolute Gasteiger partial charge is 0.337 e. The molecule has 1 N–H and O–H groups in total.